The number of nitrogen functional groups attached to an aromatic ring is 1. The van der Waals surface area contributed by atoms with Crippen molar-refractivity contribution in [1.29, 1.82) is 0 Å². The van der Waals surface area contributed by atoms with Crippen molar-refractivity contribution in [3.63, 3.8) is 0 Å². The maximum atomic E-state index is 5.84. The Labute approximate surface area is 118 Å². The molecule has 3 heteroatoms. The average molecular weight is 272 g/mol. The minimum absolute atomic E-state index is 0.405. The van der Waals surface area contributed by atoms with Crippen molar-refractivity contribution in [2.24, 2.45) is 0 Å². The van der Waals surface area contributed by atoms with Crippen molar-refractivity contribution in [2.75, 3.05) is 5.73 Å². The first-order valence-corrected chi connectivity index (χ1v) is 7.82. The van der Waals surface area contributed by atoms with Gasteiger partial charge in [-0.3, -0.25) is 0 Å². The Morgan fingerprint density at radius 3 is 2.79 bits per heavy atom. The normalized spacial score (nSPS) is 16.1. The Morgan fingerprint density at radius 2 is 2.05 bits per heavy atom. The lowest BCUT2D eigenvalue weighted by Gasteiger charge is -2.22. The van der Waals surface area contributed by atoms with Crippen LogP contribution in [0.2, 0.25) is 0 Å². The summed E-state index contributed by atoms with van der Waals surface area (Å²) in [5.41, 5.74) is 11.5. The van der Waals surface area contributed by atoms with Crippen molar-refractivity contribution in [2.45, 2.75) is 45.4 Å². The summed E-state index contributed by atoms with van der Waals surface area (Å²) >= 11 is 1.63. The van der Waals surface area contributed by atoms with Gasteiger partial charge in [-0.1, -0.05) is 25.1 Å². The molecule has 0 saturated heterocycles. The monoisotopic (exact) mass is 272 g/mol. The Bertz CT molecular complexity index is 601. The second-order valence-corrected chi connectivity index (χ2v) is 6.48. The van der Waals surface area contributed by atoms with Crippen LogP contribution in [0.15, 0.2) is 18.2 Å². The zero-order valence-corrected chi connectivity index (χ0v) is 12.4. The molecule has 19 heavy (non-hydrogen) atoms. The summed E-state index contributed by atoms with van der Waals surface area (Å²) in [6.07, 6.45) is 5.11. The number of anilines is 1. The van der Waals surface area contributed by atoms with Crippen molar-refractivity contribution < 1.29 is 0 Å². The van der Waals surface area contributed by atoms with Crippen LogP contribution in [0, 0.1) is 6.92 Å². The zero-order chi connectivity index (χ0) is 13.4. The quantitative estimate of drug-likeness (QED) is 0.895. The molecule has 2 N–H and O–H groups in total. The highest BCUT2D eigenvalue weighted by Gasteiger charge is 2.20. The summed E-state index contributed by atoms with van der Waals surface area (Å²) in [6, 6.07) is 6.78. The molecule has 0 aliphatic heterocycles. The van der Waals surface area contributed by atoms with E-state index in [9.17, 15) is 0 Å². The van der Waals surface area contributed by atoms with Crippen LogP contribution in [-0.2, 0) is 12.8 Å². The molecule has 1 aliphatic carbocycles. The van der Waals surface area contributed by atoms with Gasteiger partial charge in [-0.2, -0.15) is 0 Å². The van der Waals surface area contributed by atoms with Gasteiger partial charge in [-0.05, 0) is 49.3 Å². The van der Waals surface area contributed by atoms with E-state index in [1.54, 1.807) is 22.5 Å². The lowest BCUT2D eigenvalue weighted by molar-refractivity contribution is 0.674. The summed E-state index contributed by atoms with van der Waals surface area (Å²) in [4.78, 5) is 5.68. The number of rotatable bonds is 2. The number of benzene rings is 1. The predicted molar refractivity (Wildman–Crippen MR) is 81.9 cm³/mol. The van der Waals surface area contributed by atoms with Crippen LogP contribution in [0.1, 0.15) is 52.9 Å². The fourth-order valence-electron chi connectivity index (χ4n) is 3.19. The van der Waals surface area contributed by atoms with E-state index in [1.165, 1.54) is 36.1 Å². The molecule has 1 aromatic carbocycles. The lowest BCUT2D eigenvalue weighted by atomic mass is 9.83. The van der Waals surface area contributed by atoms with Gasteiger partial charge < -0.3 is 5.73 Å². The van der Waals surface area contributed by atoms with E-state index in [0.29, 0.717) is 11.0 Å². The summed E-state index contributed by atoms with van der Waals surface area (Å²) in [7, 11) is 0. The first-order valence-electron chi connectivity index (χ1n) is 7.00. The highest BCUT2D eigenvalue weighted by atomic mass is 32.1. The maximum Gasteiger partial charge on any atom is 0.180 e. The second-order valence-electron chi connectivity index (χ2n) is 5.42. The smallest absolute Gasteiger partial charge is 0.180 e. The Hall–Kier alpha value is -1.35. The van der Waals surface area contributed by atoms with E-state index in [1.807, 2.05) is 0 Å². The molecule has 1 aliphatic rings. The molecule has 2 nitrogen and oxygen atoms in total. The Morgan fingerprint density at radius 1 is 1.26 bits per heavy atom. The molecular formula is C16H20N2S. The highest BCUT2D eigenvalue weighted by Crippen LogP contribution is 2.36. The molecule has 3 rings (SSSR count). The van der Waals surface area contributed by atoms with Crippen molar-refractivity contribution in [1.82, 2.24) is 4.98 Å². The number of fused-ring (bicyclic) bond motifs is 1. The molecule has 1 aromatic heterocycles. The van der Waals surface area contributed by atoms with Gasteiger partial charge in [0.2, 0.25) is 0 Å². The molecule has 0 saturated carbocycles. The van der Waals surface area contributed by atoms with Crippen molar-refractivity contribution >= 4 is 16.5 Å². The van der Waals surface area contributed by atoms with E-state index in [-0.39, 0.29) is 0 Å². The van der Waals surface area contributed by atoms with Gasteiger partial charge in [0.15, 0.2) is 5.13 Å². The van der Waals surface area contributed by atoms with Gasteiger partial charge in [0.1, 0.15) is 0 Å². The lowest BCUT2D eigenvalue weighted by Crippen LogP contribution is -2.08. The molecule has 0 amide bonds. The van der Waals surface area contributed by atoms with Gasteiger partial charge in [0.05, 0.1) is 5.69 Å². The SMILES string of the molecule is Cc1nc(N)sc1C(C)c1cccc2c1CCCC2. The molecule has 100 valence electrons. The summed E-state index contributed by atoms with van der Waals surface area (Å²) < 4.78 is 0. The number of thiazole rings is 1. The maximum absolute atomic E-state index is 5.84. The summed E-state index contributed by atoms with van der Waals surface area (Å²) in [5, 5.41) is 0.684. The molecule has 0 fully saturated rings. The minimum Gasteiger partial charge on any atom is -0.375 e. The average Bonchev–Trinajstić information content (AvgIpc) is 2.76. The molecular weight excluding hydrogens is 252 g/mol. The van der Waals surface area contributed by atoms with Gasteiger partial charge in [-0.25, -0.2) is 4.98 Å². The van der Waals surface area contributed by atoms with Crippen molar-refractivity contribution in [3.8, 4) is 0 Å². The molecule has 0 radical (unpaired) electrons. The van der Waals surface area contributed by atoms with Gasteiger partial charge in [0.25, 0.3) is 0 Å². The van der Waals surface area contributed by atoms with Gasteiger partial charge in [0, 0.05) is 10.8 Å². The summed E-state index contributed by atoms with van der Waals surface area (Å²) in [6.45, 7) is 4.35. The standard InChI is InChI=1S/C16H20N2S/c1-10(15-11(2)18-16(17)19-15)13-9-5-7-12-6-3-4-8-14(12)13/h5,7,9-10H,3-4,6,8H2,1-2H3,(H2,17,18). The Kier molecular flexibility index (Phi) is 3.31. The first-order chi connectivity index (χ1) is 9.16. The van der Waals surface area contributed by atoms with E-state index < -0.39 is 0 Å². The molecule has 0 bridgehead atoms. The number of aromatic nitrogens is 1. The fraction of sp³-hybridized carbons (Fsp3) is 0.438. The van der Waals surface area contributed by atoms with E-state index >= 15 is 0 Å². The molecule has 1 unspecified atom stereocenters. The molecule has 1 heterocycles. The van der Waals surface area contributed by atoms with E-state index in [2.05, 4.69) is 37.0 Å². The molecule has 2 aromatic rings. The van der Waals surface area contributed by atoms with Crippen LogP contribution in [-0.4, -0.2) is 4.98 Å². The highest BCUT2D eigenvalue weighted by molar-refractivity contribution is 7.15. The van der Waals surface area contributed by atoms with Crippen LogP contribution in [0.5, 0.6) is 0 Å². The third-order valence-electron chi connectivity index (χ3n) is 4.14. The third-order valence-corrected chi connectivity index (χ3v) is 5.31. The topological polar surface area (TPSA) is 38.9 Å². The minimum atomic E-state index is 0.405. The Balaban J connectivity index is 2.04. The second kappa shape index (κ2) is 4.97. The van der Waals surface area contributed by atoms with Gasteiger partial charge >= 0.3 is 0 Å². The molecule has 0 spiro atoms. The van der Waals surface area contributed by atoms with Crippen molar-refractivity contribution in [3.05, 3.63) is 45.5 Å². The van der Waals surface area contributed by atoms with Gasteiger partial charge in [-0.15, -0.1) is 11.3 Å². The zero-order valence-electron chi connectivity index (χ0n) is 11.6. The van der Waals surface area contributed by atoms with Crippen LogP contribution >= 0.6 is 11.3 Å². The number of aryl methyl sites for hydroxylation is 2. The molecule has 1 atom stereocenters. The van der Waals surface area contributed by atoms with Crippen LogP contribution < -0.4 is 5.73 Å². The number of nitrogens with zero attached hydrogens (tertiary/aromatic N) is 1. The van der Waals surface area contributed by atoms with Crippen LogP contribution in [0.4, 0.5) is 5.13 Å². The third kappa shape index (κ3) is 2.27. The number of hydrogen-bond acceptors (Lipinski definition) is 3. The fourth-order valence-corrected chi connectivity index (χ4v) is 4.09. The first kappa shape index (κ1) is 12.7. The number of nitrogens with two attached hydrogens (primary N) is 1. The number of hydrogen-bond donors (Lipinski definition) is 1. The predicted octanol–water partition coefficient (Wildman–Crippen LogP) is 4.06. The van der Waals surface area contributed by atoms with Crippen LogP contribution in [0.3, 0.4) is 0 Å². The van der Waals surface area contributed by atoms with Crippen LogP contribution in [0.25, 0.3) is 0 Å². The van der Waals surface area contributed by atoms with E-state index in [4.69, 9.17) is 5.73 Å². The summed E-state index contributed by atoms with van der Waals surface area (Å²) in [5.74, 6) is 0.405. The van der Waals surface area contributed by atoms with E-state index in [0.717, 1.165) is 5.69 Å². The largest absolute Gasteiger partial charge is 0.375 e.